The van der Waals surface area contributed by atoms with Crippen molar-refractivity contribution in [2.45, 2.75) is 19.4 Å². The second kappa shape index (κ2) is 7.17. The third kappa shape index (κ3) is 4.16. The van der Waals surface area contributed by atoms with Crippen molar-refractivity contribution in [3.8, 4) is 0 Å². The Labute approximate surface area is 81.3 Å². The summed E-state index contributed by atoms with van der Waals surface area (Å²) in [6, 6.07) is 0.693. The Kier molecular flexibility index (Phi) is 9.15. The molecular weight excluding hydrogens is 183 g/mol. The molecule has 70 valence electrons. The second-order valence-corrected chi connectivity index (χ2v) is 2.87. The van der Waals surface area contributed by atoms with E-state index < -0.39 is 0 Å². The summed E-state index contributed by atoms with van der Waals surface area (Å²) in [6.45, 7) is 4.64. The number of rotatable bonds is 1. The van der Waals surface area contributed by atoms with Crippen LogP contribution in [0.2, 0.25) is 0 Å². The molecule has 1 rings (SSSR count). The van der Waals surface area contributed by atoms with Gasteiger partial charge in [0, 0.05) is 12.6 Å². The predicted octanol–water partition coefficient (Wildman–Crippen LogP) is 1.05. The number of nitrogens with one attached hydrogen (secondary N) is 2. The average Bonchev–Trinajstić information content (AvgIpc) is 1.89. The molecule has 0 spiro atoms. The normalized spacial score (nSPS) is 30.0. The Balaban J connectivity index is 0. The first kappa shape index (κ1) is 14.0. The van der Waals surface area contributed by atoms with Crippen molar-refractivity contribution in [1.29, 1.82) is 0 Å². The van der Waals surface area contributed by atoms with E-state index in [1.54, 1.807) is 0 Å². The molecule has 1 fully saturated rings. The highest BCUT2D eigenvalue weighted by atomic mass is 35.5. The van der Waals surface area contributed by atoms with Crippen LogP contribution in [0, 0.1) is 5.92 Å². The molecule has 11 heavy (non-hydrogen) atoms. The van der Waals surface area contributed by atoms with Gasteiger partial charge < -0.3 is 10.6 Å². The summed E-state index contributed by atoms with van der Waals surface area (Å²) in [6.07, 6.45) is 1.31. The van der Waals surface area contributed by atoms with E-state index in [1.165, 1.54) is 13.0 Å². The van der Waals surface area contributed by atoms with Crippen molar-refractivity contribution >= 4 is 24.8 Å². The highest BCUT2D eigenvalue weighted by Crippen LogP contribution is 2.09. The summed E-state index contributed by atoms with van der Waals surface area (Å²) >= 11 is 0. The lowest BCUT2D eigenvalue weighted by molar-refractivity contribution is 0.311. The van der Waals surface area contributed by atoms with Crippen molar-refractivity contribution in [2.75, 3.05) is 20.1 Å². The molecule has 0 aromatic rings. The molecule has 2 atom stereocenters. The molecule has 0 amide bonds. The van der Waals surface area contributed by atoms with Gasteiger partial charge in [-0.25, -0.2) is 0 Å². The van der Waals surface area contributed by atoms with Gasteiger partial charge in [-0.15, -0.1) is 24.8 Å². The van der Waals surface area contributed by atoms with Crippen LogP contribution in [0.25, 0.3) is 0 Å². The van der Waals surface area contributed by atoms with Gasteiger partial charge in [-0.1, -0.05) is 6.92 Å². The molecule has 4 heteroatoms. The van der Waals surface area contributed by atoms with Gasteiger partial charge in [-0.3, -0.25) is 0 Å². The van der Waals surface area contributed by atoms with E-state index in [1.807, 2.05) is 7.05 Å². The molecule has 0 radical (unpaired) electrons. The maximum Gasteiger partial charge on any atom is 0.0215 e. The van der Waals surface area contributed by atoms with Gasteiger partial charge in [0.15, 0.2) is 0 Å². The first-order valence-electron chi connectivity index (χ1n) is 3.72. The van der Waals surface area contributed by atoms with Crippen LogP contribution in [-0.2, 0) is 0 Å². The monoisotopic (exact) mass is 200 g/mol. The fraction of sp³-hybridized carbons (Fsp3) is 1.00. The van der Waals surface area contributed by atoms with Gasteiger partial charge >= 0.3 is 0 Å². The topological polar surface area (TPSA) is 24.1 Å². The minimum atomic E-state index is 0. The largest absolute Gasteiger partial charge is 0.315 e. The SMILES string of the molecule is CNC1CNCCC1C.Cl.Cl. The van der Waals surface area contributed by atoms with E-state index in [4.69, 9.17) is 0 Å². The Morgan fingerprint density at radius 3 is 2.36 bits per heavy atom. The third-order valence-electron chi connectivity index (χ3n) is 2.20. The molecule has 2 nitrogen and oxygen atoms in total. The number of halogens is 2. The summed E-state index contributed by atoms with van der Waals surface area (Å²) in [4.78, 5) is 0. The molecule has 1 saturated heterocycles. The number of hydrogen-bond donors (Lipinski definition) is 2. The lowest BCUT2D eigenvalue weighted by atomic mass is 9.95. The van der Waals surface area contributed by atoms with Crippen LogP contribution in [-0.4, -0.2) is 26.2 Å². The molecule has 0 bridgehead atoms. The minimum Gasteiger partial charge on any atom is -0.315 e. The van der Waals surface area contributed by atoms with Crippen molar-refractivity contribution in [3.63, 3.8) is 0 Å². The molecule has 0 aromatic heterocycles. The second-order valence-electron chi connectivity index (χ2n) is 2.87. The average molecular weight is 201 g/mol. The molecule has 0 aliphatic carbocycles. The fourth-order valence-electron chi connectivity index (χ4n) is 1.38. The first-order valence-corrected chi connectivity index (χ1v) is 3.72. The molecule has 0 aromatic carbocycles. The van der Waals surface area contributed by atoms with Gasteiger partial charge in [0.2, 0.25) is 0 Å². The van der Waals surface area contributed by atoms with Crippen molar-refractivity contribution in [2.24, 2.45) is 5.92 Å². The van der Waals surface area contributed by atoms with Crippen molar-refractivity contribution < 1.29 is 0 Å². The Hall–Kier alpha value is 0.500. The number of likely N-dealkylation sites (N-methyl/N-ethyl adjacent to an activating group) is 1. The summed E-state index contributed by atoms with van der Waals surface area (Å²) in [5.74, 6) is 0.844. The van der Waals surface area contributed by atoms with Gasteiger partial charge in [0.25, 0.3) is 0 Å². The van der Waals surface area contributed by atoms with E-state index in [0.717, 1.165) is 12.5 Å². The molecule has 2 N–H and O–H groups in total. The first-order chi connectivity index (χ1) is 4.34. The highest BCUT2D eigenvalue weighted by Gasteiger charge is 2.17. The maximum absolute atomic E-state index is 3.35. The molecule has 2 unspecified atom stereocenters. The lowest BCUT2D eigenvalue weighted by Crippen LogP contribution is -2.46. The third-order valence-corrected chi connectivity index (χ3v) is 2.20. The van der Waals surface area contributed by atoms with Crippen molar-refractivity contribution in [3.05, 3.63) is 0 Å². The van der Waals surface area contributed by atoms with Gasteiger partial charge in [0.1, 0.15) is 0 Å². The minimum absolute atomic E-state index is 0. The van der Waals surface area contributed by atoms with Crippen LogP contribution >= 0.6 is 24.8 Å². The predicted molar refractivity (Wildman–Crippen MR) is 54.0 cm³/mol. The molecule has 0 saturated carbocycles. The van der Waals surface area contributed by atoms with Crippen LogP contribution in [0.1, 0.15) is 13.3 Å². The lowest BCUT2D eigenvalue weighted by Gasteiger charge is -2.28. The maximum atomic E-state index is 3.35. The standard InChI is InChI=1S/C7H16N2.2ClH/c1-6-3-4-9-5-7(6)8-2;;/h6-9H,3-5H2,1-2H3;2*1H. The number of piperidine rings is 1. The van der Waals surface area contributed by atoms with E-state index in [0.29, 0.717) is 6.04 Å². The summed E-state index contributed by atoms with van der Waals surface area (Å²) < 4.78 is 0. The van der Waals surface area contributed by atoms with E-state index >= 15 is 0 Å². The van der Waals surface area contributed by atoms with E-state index in [9.17, 15) is 0 Å². The molecule has 1 aliphatic heterocycles. The number of hydrogen-bond acceptors (Lipinski definition) is 2. The smallest absolute Gasteiger partial charge is 0.0215 e. The zero-order chi connectivity index (χ0) is 6.69. The summed E-state index contributed by atoms with van der Waals surface area (Å²) in [5, 5.41) is 6.64. The Morgan fingerprint density at radius 2 is 2.00 bits per heavy atom. The quantitative estimate of drug-likeness (QED) is 0.662. The molecule has 1 heterocycles. The molecular formula is C7H18Cl2N2. The van der Waals surface area contributed by atoms with Crippen molar-refractivity contribution in [1.82, 2.24) is 10.6 Å². The van der Waals surface area contributed by atoms with Crippen LogP contribution in [0.4, 0.5) is 0 Å². The van der Waals surface area contributed by atoms with Crippen LogP contribution in [0.15, 0.2) is 0 Å². The van der Waals surface area contributed by atoms with E-state index in [2.05, 4.69) is 17.6 Å². The highest BCUT2D eigenvalue weighted by molar-refractivity contribution is 5.85. The van der Waals surface area contributed by atoms with Gasteiger partial charge in [0.05, 0.1) is 0 Å². The van der Waals surface area contributed by atoms with E-state index in [-0.39, 0.29) is 24.8 Å². The summed E-state index contributed by atoms with van der Waals surface area (Å²) in [7, 11) is 2.04. The molecule has 1 aliphatic rings. The van der Waals surface area contributed by atoms with Crippen LogP contribution < -0.4 is 10.6 Å². The van der Waals surface area contributed by atoms with Crippen LogP contribution in [0.3, 0.4) is 0 Å². The Bertz CT molecular complexity index is 90.5. The Morgan fingerprint density at radius 1 is 1.36 bits per heavy atom. The fourth-order valence-corrected chi connectivity index (χ4v) is 1.38. The van der Waals surface area contributed by atoms with Gasteiger partial charge in [-0.05, 0) is 25.9 Å². The van der Waals surface area contributed by atoms with Crippen LogP contribution in [0.5, 0.6) is 0 Å². The van der Waals surface area contributed by atoms with Gasteiger partial charge in [-0.2, -0.15) is 0 Å². The zero-order valence-corrected chi connectivity index (χ0v) is 8.73. The zero-order valence-electron chi connectivity index (χ0n) is 7.09. The summed E-state index contributed by atoms with van der Waals surface area (Å²) in [5.41, 5.74) is 0.